The SMILES string of the molecule is CC(=O)OC(C)C(=O)NCc1ccc(C2OC(CSc3ccc(C(=O)O)cc3)C(C)C(c3ccc(CO)cc3)O2)cc1. The first-order valence-electron chi connectivity index (χ1n) is 13.6. The van der Waals surface area contributed by atoms with Gasteiger partial charge in [0.05, 0.1) is 24.4 Å². The van der Waals surface area contributed by atoms with Gasteiger partial charge in [0.2, 0.25) is 0 Å². The Morgan fingerprint density at radius 3 is 2.14 bits per heavy atom. The van der Waals surface area contributed by atoms with Gasteiger partial charge < -0.3 is 29.7 Å². The fourth-order valence-electron chi connectivity index (χ4n) is 4.61. The van der Waals surface area contributed by atoms with Crippen molar-refractivity contribution >= 4 is 29.6 Å². The van der Waals surface area contributed by atoms with Crippen molar-refractivity contribution in [2.75, 3.05) is 5.75 Å². The lowest BCUT2D eigenvalue weighted by atomic mass is 9.91. The molecular weight excluding hydrogens is 558 g/mol. The number of carboxylic acids is 1. The molecule has 42 heavy (non-hydrogen) atoms. The third-order valence-corrected chi connectivity index (χ3v) is 8.17. The van der Waals surface area contributed by atoms with Gasteiger partial charge in [0.25, 0.3) is 5.91 Å². The number of carboxylic acid groups (broad SMARTS) is 1. The molecule has 0 bridgehead atoms. The van der Waals surface area contributed by atoms with E-state index in [1.165, 1.54) is 13.8 Å². The number of amides is 1. The Morgan fingerprint density at radius 1 is 0.929 bits per heavy atom. The van der Waals surface area contributed by atoms with Gasteiger partial charge in [-0.25, -0.2) is 4.79 Å². The summed E-state index contributed by atoms with van der Waals surface area (Å²) in [5.41, 5.74) is 3.72. The lowest BCUT2D eigenvalue weighted by Gasteiger charge is -2.41. The van der Waals surface area contributed by atoms with Crippen molar-refractivity contribution in [1.29, 1.82) is 0 Å². The molecule has 10 heteroatoms. The zero-order valence-corrected chi connectivity index (χ0v) is 24.5. The van der Waals surface area contributed by atoms with Crippen molar-refractivity contribution in [3.8, 4) is 0 Å². The number of rotatable bonds is 11. The van der Waals surface area contributed by atoms with Gasteiger partial charge in [0.15, 0.2) is 12.4 Å². The first-order chi connectivity index (χ1) is 20.1. The summed E-state index contributed by atoms with van der Waals surface area (Å²) in [5, 5.41) is 21.4. The van der Waals surface area contributed by atoms with E-state index in [1.54, 1.807) is 36.0 Å². The molecule has 1 heterocycles. The van der Waals surface area contributed by atoms with Crippen molar-refractivity contribution in [3.63, 3.8) is 0 Å². The molecule has 0 aliphatic carbocycles. The summed E-state index contributed by atoms with van der Waals surface area (Å²) in [5.74, 6) is -1.23. The van der Waals surface area contributed by atoms with Gasteiger partial charge in [0.1, 0.15) is 0 Å². The van der Waals surface area contributed by atoms with Crippen LogP contribution in [0, 0.1) is 5.92 Å². The first-order valence-corrected chi connectivity index (χ1v) is 14.6. The average Bonchev–Trinajstić information content (AvgIpc) is 2.99. The highest BCUT2D eigenvalue weighted by molar-refractivity contribution is 7.99. The van der Waals surface area contributed by atoms with Crippen LogP contribution < -0.4 is 5.32 Å². The molecule has 0 spiro atoms. The number of hydrogen-bond donors (Lipinski definition) is 3. The second-order valence-corrected chi connectivity index (χ2v) is 11.3. The second-order valence-electron chi connectivity index (χ2n) is 10.2. The minimum absolute atomic E-state index is 0.000663. The summed E-state index contributed by atoms with van der Waals surface area (Å²) in [7, 11) is 0. The molecule has 3 N–H and O–H groups in total. The highest BCUT2D eigenvalue weighted by atomic mass is 32.2. The lowest BCUT2D eigenvalue weighted by molar-refractivity contribution is -0.268. The molecule has 3 aromatic rings. The number of thioether (sulfide) groups is 1. The summed E-state index contributed by atoms with van der Waals surface area (Å²) in [6.45, 7) is 5.10. The largest absolute Gasteiger partial charge is 0.478 e. The molecule has 0 radical (unpaired) electrons. The van der Waals surface area contributed by atoms with Crippen LogP contribution in [0.5, 0.6) is 0 Å². The number of hydrogen-bond acceptors (Lipinski definition) is 8. The van der Waals surface area contributed by atoms with Gasteiger partial charge in [-0.05, 0) is 47.9 Å². The van der Waals surface area contributed by atoms with Crippen LogP contribution in [0.3, 0.4) is 0 Å². The van der Waals surface area contributed by atoms with Crippen LogP contribution in [-0.4, -0.2) is 46.0 Å². The fourth-order valence-corrected chi connectivity index (χ4v) is 5.68. The Morgan fingerprint density at radius 2 is 1.55 bits per heavy atom. The molecule has 4 rings (SSSR count). The molecule has 1 aliphatic heterocycles. The van der Waals surface area contributed by atoms with Gasteiger partial charge in [0, 0.05) is 35.6 Å². The standard InChI is InChI=1S/C32H35NO8S/c1-19-28(18-42-27-14-12-25(13-15-27)31(37)38)40-32(41-29(19)24-8-6-23(17-34)7-9-24)26-10-4-22(5-11-26)16-33-30(36)20(2)39-21(3)35/h4-15,19-20,28-29,32,34H,16-18H2,1-3H3,(H,33,36)(H,37,38). The molecule has 222 valence electrons. The Bertz CT molecular complexity index is 1360. The van der Waals surface area contributed by atoms with Crippen molar-refractivity contribution in [1.82, 2.24) is 5.32 Å². The smallest absolute Gasteiger partial charge is 0.335 e. The van der Waals surface area contributed by atoms with Crippen LogP contribution >= 0.6 is 11.8 Å². The Balaban J connectivity index is 1.48. The van der Waals surface area contributed by atoms with Crippen molar-refractivity contribution < 1.29 is 38.8 Å². The molecule has 0 saturated carbocycles. The molecule has 1 amide bonds. The monoisotopic (exact) mass is 593 g/mol. The molecule has 5 unspecified atom stereocenters. The van der Waals surface area contributed by atoms with Crippen molar-refractivity contribution in [2.24, 2.45) is 5.92 Å². The summed E-state index contributed by atoms with van der Waals surface area (Å²) in [6, 6.07) is 22.0. The van der Waals surface area contributed by atoms with Gasteiger partial charge in [-0.3, -0.25) is 9.59 Å². The van der Waals surface area contributed by atoms with Gasteiger partial charge in [-0.1, -0.05) is 55.5 Å². The predicted octanol–water partition coefficient (Wildman–Crippen LogP) is 5.03. The highest BCUT2D eigenvalue weighted by Gasteiger charge is 2.38. The fraction of sp³-hybridized carbons (Fsp3) is 0.344. The van der Waals surface area contributed by atoms with E-state index in [9.17, 15) is 24.6 Å². The quantitative estimate of drug-likeness (QED) is 0.207. The maximum Gasteiger partial charge on any atom is 0.335 e. The first kappa shape index (κ1) is 31.2. The molecular formula is C32H35NO8S. The number of esters is 1. The van der Waals surface area contributed by atoms with E-state index in [-0.39, 0.29) is 42.7 Å². The van der Waals surface area contributed by atoms with Crippen molar-refractivity contribution in [3.05, 3.63) is 101 Å². The molecule has 1 aliphatic rings. The van der Waals surface area contributed by atoms with E-state index in [0.717, 1.165) is 27.1 Å². The van der Waals surface area contributed by atoms with Crippen LogP contribution in [0.1, 0.15) is 65.8 Å². The molecule has 1 saturated heterocycles. The average molecular weight is 594 g/mol. The van der Waals surface area contributed by atoms with E-state index >= 15 is 0 Å². The normalized spacial score (nSPS) is 20.9. The number of aliphatic hydroxyl groups is 1. The number of carbonyl (C=O) groups excluding carboxylic acids is 2. The topological polar surface area (TPSA) is 131 Å². The van der Waals surface area contributed by atoms with Crippen molar-refractivity contribution in [2.45, 2.75) is 63.4 Å². The third-order valence-electron chi connectivity index (χ3n) is 7.07. The number of nitrogens with one attached hydrogen (secondary N) is 1. The Hall–Kier alpha value is -3.70. The second kappa shape index (κ2) is 14.5. The minimum atomic E-state index is -0.962. The summed E-state index contributed by atoms with van der Waals surface area (Å²) in [4.78, 5) is 35.4. The lowest BCUT2D eigenvalue weighted by Crippen LogP contribution is -2.38. The van der Waals surface area contributed by atoms with Gasteiger partial charge in [-0.2, -0.15) is 0 Å². The number of carbonyl (C=O) groups is 3. The van der Waals surface area contributed by atoms with Crippen LogP contribution in [0.2, 0.25) is 0 Å². The summed E-state index contributed by atoms with van der Waals surface area (Å²) in [6.07, 6.45) is -1.97. The van der Waals surface area contributed by atoms with E-state index in [0.29, 0.717) is 5.75 Å². The van der Waals surface area contributed by atoms with E-state index in [1.807, 2.05) is 48.5 Å². The summed E-state index contributed by atoms with van der Waals surface area (Å²) < 4.78 is 17.9. The predicted molar refractivity (Wildman–Crippen MR) is 157 cm³/mol. The molecule has 3 aromatic carbocycles. The molecule has 5 atom stereocenters. The van der Waals surface area contributed by atoms with Crippen LogP contribution in [0.25, 0.3) is 0 Å². The zero-order chi connectivity index (χ0) is 30.2. The number of ether oxygens (including phenoxy) is 3. The zero-order valence-electron chi connectivity index (χ0n) is 23.7. The van der Waals surface area contributed by atoms with E-state index in [4.69, 9.17) is 14.2 Å². The Labute approximate surface area is 249 Å². The maximum atomic E-state index is 12.2. The van der Waals surface area contributed by atoms with Crippen LogP contribution in [0.4, 0.5) is 0 Å². The van der Waals surface area contributed by atoms with E-state index in [2.05, 4.69) is 12.2 Å². The highest BCUT2D eigenvalue weighted by Crippen LogP contribution is 2.43. The van der Waals surface area contributed by atoms with E-state index < -0.39 is 24.3 Å². The molecule has 9 nitrogen and oxygen atoms in total. The molecule has 1 fully saturated rings. The van der Waals surface area contributed by atoms with Gasteiger partial charge >= 0.3 is 11.9 Å². The Kier molecular flexibility index (Phi) is 10.8. The summed E-state index contributed by atoms with van der Waals surface area (Å²) >= 11 is 1.59. The number of aliphatic hydroxyl groups excluding tert-OH is 1. The molecule has 0 aromatic heterocycles. The van der Waals surface area contributed by atoms with Crippen LogP contribution in [-0.2, 0) is 37.0 Å². The van der Waals surface area contributed by atoms with Crippen LogP contribution in [0.15, 0.2) is 77.7 Å². The number of aromatic carboxylic acids is 1. The third kappa shape index (κ3) is 8.19. The maximum absolute atomic E-state index is 12.2. The number of benzene rings is 3. The van der Waals surface area contributed by atoms with Gasteiger partial charge in [-0.15, -0.1) is 11.8 Å². The minimum Gasteiger partial charge on any atom is -0.478 e.